The van der Waals surface area contributed by atoms with E-state index in [4.69, 9.17) is 0 Å². The smallest absolute Gasteiger partial charge is 0.226 e. The lowest BCUT2D eigenvalue weighted by molar-refractivity contribution is -0.118. The molecule has 3 heteroatoms. The molecule has 19 heavy (non-hydrogen) atoms. The SMILES string of the molecule is CCCCN1Cc2ccc(NC(=O)C(C)C)cc2C1. The molecule has 1 N–H and O–H groups in total. The molecule has 0 unspecified atom stereocenters. The summed E-state index contributed by atoms with van der Waals surface area (Å²) in [6, 6.07) is 6.29. The van der Waals surface area contributed by atoms with E-state index in [-0.39, 0.29) is 11.8 Å². The first-order valence-electron chi connectivity index (χ1n) is 7.25. The Kier molecular flexibility index (Phi) is 4.59. The van der Waals surface area contributed by atoms with E-state index in [1.807, 2.05) is 19.9 Å². The second-order valence-corrected chi connectivity index (χ2v) is 5.69. The van der Waals surface area contributed by atoms with Gasteiger partial charge in [0.15, 0.2) is 0 Å². The molecule has 2 rings (SSSR count). The van der Waals surface area contributed by atoms with E-state index in [1.54, 1.807) is 0 Å². The summed E-state index contributed by atoms with van der Waals surface area (Å²) >= 11 is 0. The number of unbranched alkanes of at least 4 members (excludes halogenated alkanes) is 1. The standard InChI is InChI=1S/C16H24N2O/c1-4-5-8-18-10-13-6-7-15(9-14(13)11-18)17-16(19)12(2)3/h6-7,9,12H,4-5,8,10-11H2,1-3H3,(H,17,19). The molecule has 1 aliphatic rings. The number of fused-ring (bicyclic) bond motifs is 1. The Balaban J connectivity index is 2.00. The maximum absolute atomic E-state index is 11.7. The van der Waals surface area contributed by atoms with E-state index in [1.165, 1.54) is 30.5 Å². The largest absolute Gasteiger partial charge is 0.326 e. The topological polar surface area (TPSA) is 32.3 Å². The van der Waals surface area contributed by atoms with E-state index in [2.05, 4.69) is 29.3 Å². The normalized spacial score (nSPS) is 14.7. The second kappa shape index (κ2) is 6.20. The van der Waals surface area contributed by atoms with Gasteiger partial charge in [0.1, 0.15) is 0 Å². The fourth-order valence-corrected chi connectivity index (χ4v) is 2.37. The lowest BCUT2D eigenvalue weighted by Crippen LogP contribution is -2.18. The van der Waals surface area contributed by atoms with E-state index in [0.717, 1.165) is 18.8 Å². The molecule has 0 saturated carbocycles. The van der Waals surface area contributed by atoms with Crippen molar-refractivity contribution in [2.75, 3.05) is 11.9 Å². The van der Waals surface area contributed by atoms with Gasteiger partial charge in [0, 0.05) is 24.7 Å². The fraction of sp³-hybridized carbons (Fsp3) is 0.562. The number of amides is 1. The maximum Gasteiger partial charge on any atom is 0.226 e. The molecule has 3 nitrogen and oxygen atoms in total. The van der Waals surface area contributed by atoms with Crippen molar-refractivity contribution in [2.24, 2.45) is 5.92 Å². The number of carbonyl (C=O) groups is 1. The molecule has 0 bridgehead atoms. The zero-order valence-corrected chi connectivity index (χ0v) is 12.2. The van der Waals surface area contributed by atoms with Crippen LogP contribution in [0.15, 0.2) is 18.2 Å². The zero-order chi connectivity index (χ0) is 13.8. The van der Waals surface area contributed by atoms with Crippen molar-refractivity contribution in [1.29, 1.82) is 0 Å². The molecule has 0 fully saturated rings. The van der Waals surface area contributed by atoms with Crippen molar-refractivity contribution < 1.29 is 4.79 Å². The van der Waals surface area contributed by atoms with Crippen LogP contribution in [0.1, 0.15) is 44.7 Å². The van der Waals surface area contributed by atoms with E-state index in [9.17, 15) is 4.79 Å². The molecule has 1 aromatic carbocycles. The first-order chi connectivity index (χ1) is 9.10. The van der Waals surface area contributed by atoms with Gasteiger partial charge in [-0.15, -0.1) is 0 Å². The highest BCUT2D eigenvalue weighted by molar-refractivity contribution is 5.92. The molecule has 0 atom stereocenters. The highest BCUT2D eigenvalue weighted by Crippen LogP contribution is 2.26. The van der Waals surface area contributed by atoms with Gasteiger partial charge in [-0.3, -0.25) is 9.69 Å². The summed E-state index contributed by atoms with van der Waals surface area (Å²) in [6.07, 6.45) is 2.49. The van der Waals surface area contributed by atoms with E-state index >= 15 is 0 Å². The van der Waals surface area contributed by atoms with Gasteiger partial charge in [-0.25, -0.2) is 0 Å². The summed E-state index contributed by atoms with van der Waals surface area (Å²) in [5.41, 5.74) is 3.69. The minimum Gasteiger partial charge on any atom is -0.326 e. The summed E-state index contributed by atoms with van der Waals surface area (Å²) in [5.74, 6) is 0.107. The van der Waals surface area contributed by atoms with Gasteiger partial charge in [-0.05, 0) is 36.2 Å². The molecule has 0 radical (unpaired) electrons. The van der Waals surface area contributed by atoms with Crippen LogP contribution < -0.4 is 5.32 Å². The third kappa shape index (κ3) is 3.57. The number of nitrogens with zero attached hydrogens (tertiary/aromatic N) is 1. The Morgan fingerprint density at radius 3 is 2.74 bits per heavy atom. The van der Waals surface area contributed by atoms with Gasteiger partial charge < -0.3 is 5.32 Å². The highest BCUT2D eigenvalue weighted by Gasteiger charge is 2.18. The van der Waals surface area contributed by atoms with Crippen LogP contribution in [0.3, 0.4) is 0 Å². The highest BCUT2D eigenvalue weighted by atomic mass is 16.1. The van der Waals surface area contributed by atoms with Crippen molar-refractivity contribution in [2.45, 2.75) is 46.7 Å². The lowest BCUT2D eigenvalue weighted by Gasteiger charge is -2.13. The molecule has 0 saturated heterocycles. The Morgan fingerprint density at radius 2 is 2.05 bits per heavy atom. The van der Waals surface area contributed by atoms with Gasteiger partial charge in [0.25, 0.3) is 0 Å². The summed E-state index contributed by atoms with van der Waals surface area (Å²) < 4.78 is 0. The molecule has 104 valence electrons. The number of hydrogen-bond donors (Lipinski definition) is 1. The first kappa shape index (κ1) is 14.1. The predicted octanol–water partition coefficient (Wildman–Crippen LogP) is 3.40. The van der Waals surface area contributed by atoms with Crippen molar-refractivity contribution in [3.8, 4) is 0 Å². The van der Waals surface area contributed by atoms with Crippen molar-refractivity contribution in [3.63, 3.8) is 0 Å². The van der Waals surface area contributed by atoms with Crippen LogP contribution in [-0.2, 0) is 17.9 Å². The Hall–Kier alpha value is -1.35. The summed E-state index contributed by atoms with van der Waals surface area (Å²) in [7, 11) is 0. The Bertz CT molecular complexity index is 454. The average Bonchev–Trinajstić information content (AvgIpc) is 2.78. The number of carbonyl (C=O) groups excluding carboxylic acids is 1. The van der Waals surface area contributed by atoms with Crippen LogP contribution >= 0.6 is 0 Å². The van der Waals surface area contributed by atoms with E-state index < -0.39 is 0 Å². The summed E-state index contributed by atoms with van der Waals surface area (Å²) in [5, 5.41) is 2.97. The molecule has 0 aromatic heterocycles. The number of rotatable bonds is 5. The predicted molar refractivity (Wildman–Crippen MR) is 78.9 cm³/mol. The number of anilines is 1. The van der Waals surface area contributed by atoms with Crippen LogP contribution in [0.5, 0.6) is 0 Å². The molecule has 1 aliphatic heterocycles. The maximum atomic E-state index is 11.7. The van der Waals surface area contributed by atoms with Crippen LogP contribution in [0.4, 0.5) is 5.69 Å². The first-order valence-corrected chi connectivity index (χ1v) is 7.25. The third-order valence-electron chi connectivity index (χ3n) is 3.61. The zero-order valence-electron chi connectivity index (χ0n) is 12.2. The van der Waals surface area contributed by atoms with E-state index in [0.29, 0.717) is 0 Å². The van der Waals surface area contributed by atoms with Gasteiger partial charge in [-0.2, -0.15) is 0 Å². The van der Waals surface area contributed by atoms with Crippen LogP contribution in [-0.4, -0.2) is 17.4 Å². The Morgan fingerprint density at radius 1 is 1.32 bits per heavy atom. The minimum atomic E-state index is 0.0225. The molecule has 1 heterocycles. The third-order valence-corrected chi connectivity index (χ3v) is 3.61. The monoisotopic (exact) mass is 260 g/mol. The van der Waals surface area contributed by atoms with Crippen molar-refractivity contribution >= 4 is 11.6 Å². The minimum absolute atomic E-state index is 0.0225. The van der Waals surface area contributed by atoms with Gasteiger partial charge >= 0.3 is 0 Å². The summed E-state index contributed by atoms with van der Waals surface area (Å²) in [4.78, 5) is 14.2. The molecule has 0 aliphatic carbocycles. The van der Waals surface area contributed by atoms with Crippen LogP contribution in [0.25, 0.3) is 0 Å². The lowest BCUT2D eigenvalue weighted by atomic mass is 10.1. The van der Waals surface area contributed by atoms with Crippen molar-refractivity contribution in [3.05, 3.63) is 29.3 Å². The molecule has 0 spiro atoms. The van der Waals surface area contributed by atoms with Crippen molar-refractivity contribution in [1.82, 2.24) is 4.90 Å². The van der Waals surface area contributed by atoms with Gasteiger partial charge in [0.2, 0.25) is 5.91 Å². The number of benzene rings is 1. The molecular weight excluding hydrogens is 236 g/mol. The fourth-order valence-electron chi connectivity index (χ4n) is 2.37. The second-order valence-electron chi connectivity index (χ2n) is 5.69. The van der Waals surface area contributed by atoms with Crippen LogP contribution in [0, 0.1) is 5.92 Å². The molecular formula is C16H24N2O. The average molecular weight is 260 g/mol. The molecule has 1 amide bonds. The number of nitrogens with one attached hydrogen (secondary N) is 1. The number of hydrogen-bond acceptors (Lipinski definition) is 2. The Labute approximate surface area is 116 Å². The van der Waals surface area contributed by atoms with Gasteiger partial charge in [0.05, 0.1) is 0 Å². The molecule has 1 aromatic rings. The van der Waals surface area contributed by atoms with Gasteiger partial charge in [-0.1, -0.05) is 33.3 Å². The quantitative estimate of drug-likeness (QED) is 0.880. The summed E-state index contributed by atoms with van der Waals surface area (Å²) in [6.45, 7) is 9.28. The van der Waals surface area contributed by atoms with Crippen LogP contribution in [0.2, 0.25) is 0 Å².